The van der Waals surface area contributed by atoms with E-state index in [0.717, 1.165) is 5.56 Å². The maximum absolute atomic E-state index is 13.5. The fraction of sp³-hybridized carbons (Fsp3) is 0.457. The Balaban J connectivity index is 2.11. The first-order valence-electron chi connectivity index (χ1n) is 15.0. The van der Waals surface area contributed by atoms with Gasteiger partial charge < -0.3 is 23.9 Å². The number of esters is 3. The van der Waals surface area contributed by atoms with Crippen LogP contribution in [0.25, 0.3) is 11.1 Å². The molecule has 0 saturated heterocycles. The third kappa shape index (κ3) is 9.11. The molecule has 0 aliphatic heterocycles. The lowest BCUT2D eigenvalue weighted by atomic mass is 9.94. The minimum atomic E-state index is -1.51. The van der Waals surface area contributed by atoms with Crippen LogP contribution in [0.3, 0.4) is 0 Å². The highest BCUT2D eigenvalue weighted by Gasteiger charge is 2.34. The summed E-state index contributed by atoms with van der Waals surface area (Å²) in [4.78, 5) is 56.8. The van der Waals surface area contributed by atoms with E-state index in [1.807, 2.05) is 37.3 Å². The van der Waals surface area contributed by atoms with Crippen LogP contribution < -0.4 is 0 Å². The summed E-state index contributed by atoms with van der Waals surface area (Å²) in [6.07, 6.45) is 1.16. The third-order valence-electron chi connectivity index (χ3n) is 6.62. The lowest BCUT2D eigenvalue weighted by Crippen LogP contribution is -2.29. The zero-order valence-corrected chi connectivity index (χ0v) is 27.6. The molecule has 0 saturated carbocycles. The molecule has 1 aromatic heterocycles. The summed E-state index contributed by atoms with van der Waals surface area (Å²) in [5.74, 6) is -2.65. The molecule has 3 aromatic rings. The van der Waals surface area contributed by atoms with Gasteiger partial charge in [-0.15, -0.1) is 0 Å². The van der Waals surface area contributed by atoms with Crippen LogP contribution in [0.1, 0.15) is 107 Å². The van der Waals surface area contributed by atoms with Crippen LogP contribution in [0.4, 0.5) is 0 Å². The third-order valence-corrected chi connectivity index (χ3v) is 6.62. The van der Waals surface area contributed by atoms with Crippen molar-refractivity contribution in [2.75, 3.05) is 6.79 Å². The first-order valence-corrected chi connectivity index (χ1v) is 15.0. The van der Waals surface area contributed by atoms with Gasteiger partial charge in [-0.25, -0.2) is 14.6 Å². The van der Waals surface area contributed by atoms with E-state index in [1.165, 1.54) is 13.8 Å². The summed E-state index contributed by atoms with van der Waals surface area (Å²) in [6, 6.07) is 14.4. The molecule has 0 aliphatic carbocycles. The van der Waals surface area contributed by atoms with E-state index >= 15 is 0 Å². The smallest absolute Gasteiger partial charge is 0.380 e. The molecule has 1 heterocycles. The normalized spacial score (nSPS) is 12.0. The van der Waals surface area contributed by atoms with Crippen molar-refractivity contribution >= 4 is 23.7 Å². The van der Waals surface area contributed by atoms with Crippen molar-refractivity contribution in [1.29, 1.82) is 0 Å². The maximum atomic E-state index is 13.5. The van der Waals surface area contributed by atoms with Gasteiger partial charge in [0.25, 0.3) is 5.78 Å². The summed E-state index contributed by atoms with van der Waals surface area (Å²) in [7, 11) is 0. The Morgan fingerprint density at radius 2 is 1.53 bits per heavy atom. The molecule has 1 N–H and O–H groups in total. The van der Waals surface area contributed by atoms with Crippen LogP contribution in [-0.4, -0.2) is 50.7 Å². The number of rotatable bonds is 11. The molecule has 10 nitrogen and oxygen atoms in total. The Labute approximate surface area is 264 Å². The van der Waals surface area contributed by atoms with Gasteiger partial charge in [0, 0.05) is 18.5 Å². The summed E-state index contributed by atoms with van der Waals surface area (Å²) in [6.45, 7) is 14.5. The van der Waals surface area contributed by atoms with Crippen molar-refractivity contribution in [3.05, 3.63) is 76.9 Å². The number of carbonyl (C=O) groups is 4. The molecule has 0 unspecified atom stereocenters. The van der Waals surface area contributed by atoms with Crippen LogP contribution in [0.5, 0.6) is 0 Å². The Kier molecular flexibility index (Phi) is 10.8. The fourth-order valence-electron chi connectivity index (χ4n) is 4.50. The summed E-state index contributed by atoms with van der Waals surface area (Å²) in [5, 5.41) is 11.0. The molecule has 0 radical (unpaired) electrons. The number of hydrogen-bond donors (Lipinski definition) is 1. The van der Waals surface area contributed by atoms with E-state index in [4.69, 9.17) is 14.2 Å². The van der Waals surface area contributed by atoms with Crippen molar-refractivity contribution in [2.24, 2.45) is 5.41 Å². The van der Waals surface area contributed by atoms with Gasteiger partial charge in [0.15, 0.2) is 5.69 Å². The highest BCUT2D eigenvalue weighted by molar-refractivity contribution is 6.42. The second-order valence-corrected chi connectivity index (χ2v) is 13.4. The topological polar surface area (TPSA) is 134 Å². The van der Waals surface area contributed by atoms with E-state index in [9.17, 15) is 24.3 Å². The summed E-state index contributed by atoms with van der Waals surface area (Å²) in [5.41, 5.74) is -1.06. The van der Waals surface area contributed by atoms with Crippen LogP contribution in [-0.2, 0) is 42.4 Å². The molecule has 0 aliphatic rings. The summed E-state index contributed by atoms with van der Waals surface area (Å²) >= 11 is 0. The van der Waals surface area contributed by atoms with Gasteiger partial charge >= 0.3 is 17.9 Å². The average molecular weight is 621 g/mol. The number of aryl methyl sites for hydroxylation is 1. The first kappa shape index (κ1) is 35.2. The monoisotopic (exact) mass is 620 g/mol. The van der Waals surface area contributed by atoms with Crippen LogP contribution in [0.15, 0.2) is 48.5 Å². The van der Waals surface area contributed by atoms with Gasteiger partial charge in [-0.3, -0.25) is 9.59 Å². The molecular formula is C35H44N2O8. The lowest BCUT2D eigenvalue weighted by molar-refractivity contribution is -0.161. The quantitative estimate of drug-likeness (QED) is 0.118. The number of benzene rings is 2. The number of aromatic nitrogens is 2. The van der Waals surface area contributed by atoms with Crippen molar-refractivity contribution in [1.82, 2.24) is 9.55 Å². The average Bonchev–Trinajstić information content (AvgIpc) is 3.30. The zero-order chi connectivity index (χ0) is 33.7. The van der Waals surface area contributed by atoms with Crippen LogP contribution >= 0.6 is 0 Å². The van der Waals surface area contributed by atoms with E-state index in [1.54, 1.807) is 64.3 Å². The molecule has 3 rings (SSSR count). The SMILES string of the molecule is CCCc1nc(C(C)(C)O)c(C(=O)OCOC(=O)C(C)(C)C)n1Cc1ccc(-c2ccccc2)c(C(=O)C(=O)OC(C)(C)C)c1. The zero-order valence-electron chi connectivity index (χ0n) is 27.6. The molecule has 0 atom stereocenters. The number of aliphatic hydroxyl groups is 1. The second-order valence-electron chi connectivity index (χ2n) is 13.4. The number of nitrogens with zero attached hydrogens (tertiary/aromatic N) is 2. The van der Waals surface area contributed by atoms with Gasteiger partial charge in [-0.2, -0.15) is 0 Å². The number of imidazole rings is 1. The Hall–Kier alpha value is -4.31. The van der Waals surface area contributed by atoms with Gasteiger partial charge in [-0.05, 0) is 84.6 Å². The fourth-order valence-corrected chi connectivity index (χ4v) is 4.50. The van der Waals surface area contributed by atoms with Crippen molar-refractivity contribution in [3.63, 3.8) is 0 Å². The van der Waals surface area contributed by atoms with Crippen molar-refractivity contribution in [3.8, 4) is 11.1 Å². The summed E-state index contributed by atoms with van der Waals surface area (Å²) < 4.78 is 17.5. The number of ketones is 1. The highest BCUT2D eigenvalue weighted by atomic mass is 16.7. The molecule has 0 bridgehead atoms. The number of ether oxygens (including phenoxy) is 3. The van der Waals surface area contributed by atoms with Gasteiger partial charge in [-0.1, -0.05) is 49.4 Å². The Morgan fingerprint density at radius 3 is 2.09 bits per heavy atom. The Morgan fingerprint density at radius 1 is 0.889 bits per heavy atom. The Bertz CT molecular complexity index is 1550. The van der Waals surface area contributed by atoms with E-state index in [0.29, 0.717) is 29.8 Å². The van der Waals surface area contributed by atoms with E-state index in [2.05, 4.69) is 4.98 Å². The van der Waals surface area contributed by atoms with Gasteiger partial charge in [0.1, 0.15) is 22.7 Å². The second kappa shape index (κ2) is 13.8. The predicted molar refractivity (Wildman–Crippen MR) is 168 cm³/mol. The first-order chi connectivity index (χ1) is 20.8. The van der Waals surface area contributed by atoms with E-state index in [-0.39, 0.29) is 23.5 Å². The lowest BCUT2D eigenvalue weighted by Gasteiger charge is -2.20. The minimum absolute atomic E-state index is 0.00934. The van der Waals surface area contributed by atoms with Crippen molar-refractivity contribution < 1.29 is 38.5 Å². The predicted octanol–water partition coefficient (Wildman–Crippen LogP) is 6.01. The molecule has 0 fully saturated rings. The number of Topliss-reactive ketones (excluding diaryl/α,β-unsaturated/α-hetero) is 1. The molecule has 242 valence electrons. The molecule has 0 spiro atoms. The standard InChI is InChI=1S/C35H44N2O8/c1-10-14-26-36-29(35(8,9)42)27(30(39)43-21-44-32(41)33(2,3)4)37(26)20-22-17-18-24(23-15-12-11-13-16-23)25(19-22)28(38)31(40)45-34(5,6)7/h11-13,15-19,42H,10,14,20-21H2,1-9H3. The van der Waals surface area contributed by atoms with Crippen LogP contribution in [0.2, 0.25) is 0 Å². The molecular weight excluding hydrogens is 576 g/mol. The minimum Gasteiger partial charge on any atom is -0.454 e. The molecule has 10 heteroatoms. The van der Waals surface area contributed by atoms with E-state index < -0.39 is 47.1 Å². The van der Waals surface area contributed by atoms with Crippen molar-refractivity contribution in [2.45, 2.75) is 92.9 Å². The molecule has 45 heavy (non-hydrogen) atoms. The van der Waals surface area contributed by atoms with Crippen LogP contribution in [0, 0.1) is 5.41 Å². The maximum Gasteiger partial charge on any atom is 0.380 e. The highest BCUT2D eigenvalue weighted by Crippen LogP contribution is 2.30. The van der Waals surface area contributed by atoms with Gasteiger partial charge in [0.05, 0.1) is 5.41 Å². The number of hydrogen-bond acceptors (Lipinski definition) is 9. The molecule has 2 aromatic carbocycles. The number of carbonyl (C=O) groups excluding carboxylic acids is 4. The molecule has 0 amide bonds. The van der Waals surface area contributed by atoms with Gasteiger partial charge in [0.2, 0.25) is 6.79 Å². The largest absolute Gasteiger partial charge is 0.454 e.